The summed E-state index contributed by atoms with van der Waals surface area (Å²) in [7, 11) is 0. The lowest BCUT2D eigenvalue weighted by molar-refractivity contribution is -0.157. The number of aliphatic carboxylic acids is 1. The molecule has 0 heterocycles. The number of benzene rings is 1. The zero-order valence-corrected chi connectivity index (χ0v) is 12.1. The molecule has 1 aliphatic carbocycles. The van der Waals surface area contributed by atoms with Gasteiger partial charge in [-0.15, -0.1) is 0 Å². The molecule has 1 aliphatic rings. The molecule has 4 heteroatoms. The Morgan fingerprint density at radius 2 is 1.94 bits per heavy atom. The maximum absolute atomic E-state index is 12.0. The molecule has 18 heavy (non-hydrogen) atoms. The predicted octanol–water partition coefficient (Wildman–Crippen LogP) is 3.05. The van der Waals surface area contributed by atoms with Gasteiger partial charge in [0.15, 0.2) is 5.78 Å². The Kier molecular flexibility index (Phi) is 4.04. The van der Waals surface area contributed by atoms with E-state index in [4.69, 9.17) is 0 Å². The lowest BCUT2D eigenvalue weighted by Gasteiger charge is -2.31. The molecule has 0 aliphatic heterocycles. The molecule has 0 saturated heterocycles. The summed E-state index contributed by atoms with van der Waals surface area (Å²) in [5.74, 6) is -1.08. The van der Waals surface area contributed by atoms with Gasteiger partial charge in [0.05, 0.1) is 0 Å². The largest absolute Gasteiger partial charge is 0.480 e. The number of carbonyl (C=O) groups is 2. The molecule has 1 unspecified atom stereocenters. The molecule has 1 aromatic rings. The lowest BCUT2D eigenvalue weighted by Crippen LogP contribution is -2.43. The third-order valence-electron chi connectivity index (χ3n) is 3.62. The molecule has 0 spiro atoms. The minimum absolute atomic E-state index is 0.111. The van der Waals surface area contributed by atoms with E-state index in [1.165, 1.54) is 0 Å². The Morgan fingerprint density at radius 1 is 1.28 bits per heavy atom. The zero-order chi connectivity index (χ0) is 13.2. The second kappa shape index (κ2) is 5.38. The summed E-state index contributed by atoms with van der Waals surface area (Å²) in [6, 6.07) is 7.71. The monoisotopic (exact) mass is 358 g/mol. The molecule has 2 rings (SSSR count). The number of hydrogen-bond donors (Lipinski definition) is 1. The van der Waals surface area contributed by atoms with Crippen LogP contribution in [0.3, 0.4) is 0 Å². The molecule has 0 radical (unpaired) electrons. The summed E-state index contributed by atoms with van der Waals surface area (Å²) < 4.78 is 1.11. The lowest BCUT2D eigenvalue weighted by atomic mass is 9.69. The van der Waals surface area contributed by atoms with Crippen LogP contribution in [0.4, 0.5) is 0 Å². The molecule has 1 atom stereocenters. The topological polar surface area (TPSA) is 54.4 Å². The number of rotatable bonds is 3. The highest BCUT2D eigenvalue weighted by atomic mass is 127. The normalized spacial score (nSPS) is 23.9. The number of hydrogen-bond acceptors (Lipinski definition) is 2. The van der Waals surface area contributed by atoms with E-state index < -0.39 is 11.4 Å². The van der Waals surface area contributed by atoms with Gasteiger partial charge in [-0.3, -0.25) is 9.59 Å². The first kappa shape index (κ1) is 13.5. The maximum atomic E-state index is 12.0. The third-order valence-corrected chi connectivity index (χ3v) is 4.34. The van der Waals surface area contributed by atoms with Crippen molar-refractivity contribution in [2.24, 2.45) is 5.41 Å². The number of Topliss-reactive ketones (excluding diaryl/α,β-unsaturated/α-hetero) is 1. The van der Waals surface area contributed by atoms with Crippen LogP contribution in [0, 0.1) is 8.99 Å². The van der Waals surface area contributed by atoms with Gasteiger partial charge in [0.2, 0.25) is 0 Å². The summed E-state index contributed by atoms with van der Waals surface area (Å²) in [6.45, 7) is 0. The van der Waals surface area contributed by atoms with Gasteiger partial charge in [0.25, 0.3) is 0 Å². The molecule has 1 fully saturated rings. The third kappa shape index (κ3) is 2.58. The fourth-order valence-corrected chi connectivity index (χ4v) is 2.89. The average Bonchev–Trinajstić information content (AvgIpc) is 2.35. The molecule has 1 saturated carbocycles. The van der Waals surface area contributed by atoms with E-state index in [0.29, 0.717) is 19.3 Å². The van der Waals surface area contributed by atoms with Gasteiger partial charge in [0, 0.05) is 9.99 Å². The van der Waals surface area contributed by atoms with E-state index in [1.807, 2.05) is 24.3 Å². The van der Waals surface area contributed by atoms with Gasteiger partial charge in [0.1, 0.15) is 5.41 Å². The molecule has 96 valence electrons. The van der Waals surface area contributed by atoms with Crippen LogP contribution in [0.5, 0.6) is 0 Å². The van der Waals surface area contributed by atoms with Crippen molar-refractivity contribution in [2.75, 3.05) is 0 Å². The Hall–Kier alpha value is -0.910. The van der Waals surface area contributed by atoms with Gasteiger partial charge in [-0.2, -0.15) is 0 Å². The van der Waals surface area contributed by atoms with Crippen molar-refractivity contribution >= 4 is 34.3 Å². The van der Waals surface area contributed by atoms with Gasteiger partial charge in [-0.1, -0.05) is 18.6 Å². The SMILES string of the molecule is O=C(O)C1(Cc2ccc(I)cc2)CCCCC1=O. The van der Waals surface area contributed by atoms with Crippen molar-refractivity contribution < 1.29 is 14.7 Å². The van der Waals surface area contributed by atoms with Crippen LogP contribution in [0.1, 0.15) is 31.2 Å². The van der Waals surface area contributed by atoms with Gasteiger partial charge >= 0.3 is 5.97 Å². The first-order chi connectivity index (χ1) is 8.54. The highest BCUT2D eigenvalue weighted by Crippen LogP contribution is 2.37. The van der Waals surface area contributed by atoms with Crippen molar-refractivity contribution in [3.05, 3.63) is 33.4 Å². The molecular weight excluding hydrogens is 343 g/mol. The Labute approximate surface area is 120 Å². The number of carbonyl (C=O) groups excluding carboxylic acids is 1. The minimum Gasteiger partial charge on any atom is -0.480 e. The maximum Gasteiger partial charge on any atom is 0.317 e. The second-order valence-electron chi connectivity index (χ2n) is 4.82. The number of carboxylic acids is 1. The van der Waals surface area contributed by atoms with Gasteiger partial charge in [-0.25, -0.2) is 0 Å². The minimum atomic E-state index is -1.19. The van der Waals surface area contributed by atoms with E-state index in [9.17, 15) is 14.7 Å². The van der Waals surface area contributed by atoms with Crippen LogP contribution in [0.25, 0.3) is 0 Å². The molecule has 1 aromatic carbocycles. The Morgan fingerprint density at radius 3 is 2.50 bits per heavy atom. The highest BCUT2D eigenvalue weighted by Gasteiger charge is 2.46. The summed E-state index contributed by atoms with van der Waals surface area (Å²) >= 11 is 2.21. The standard InChI is InChI=1S/C14H15IO3/c15-11-6-4-10(5-7-11)9-14(13(17)18)8-2-1-3-12(14)16/h4-7H,1-3,8-9H2,(H,17,18). The van der Waals surface area contributed by atoms with E-state index in [0.717, 1.165) is 22.0 Å². The van der Waals surface area contributed by atoms with Crippen LogP contribution in [0.2, 0.25) is 0 Å². The average molecular weight is 358 g/mol. The molecule has 3 nitrogen and oxygen atoms in total. The van der Waals surface area contributed by atoms with Crippen LogP contribution < -0.4 is 0 Å². The van der Waals surface area contributed by atoms with Crippen molar-refractivity contribution in [3.8, 4) is 0 Å². The predicted molar refractivity (Wildman–Crippen MR) is 76.4 cm³/mol. The number of halogens is 1. The van der Waals surface area contributed by atoms with Gasteiger partial charge < -0.3 is 5.11 Å². The highest BCUT2D eigenvalue weighted by molar-refractivity contribution is 14.1. The van der Waals surface area contributed by atoms with Crippen LogP contribution in [-0.2, 0) is 16.0 Å². The second-order valence-corrected chi connectivity index (χ2v) is 6.07. The summed E-state index contributed by atoms with van der Waals surface area (Å²) in [5.41, 5.74) is -0.265. The first-order valence-electron chi connectivity index (χ1n) is 6.06. The van der Waals surface area contributed by atoms with Crippen LogP contribution in [0.15, 0.2) is 24.3 Å². The smallest absolute Gasteiger partial charge is 0.317 e. The molecule has 0 amide bonds. The molecule has 0 aromatic heterocycles. The van der Waals surface area contributed by atoms with E-state index in [2.05, 4.69) is 22.6 Å². The van der Waals surface area contributed by atoms with Crippen LogP contribution >= 0.6 is 22.6 Å². The number of ketones is 1. The Bertz CT molecular complexity index is 466. The molecule has 1 N–H and O–H groups in total. The van der Waals surface area contributed by atoms with Gasteiger partial charge in [-0.05, 0) is 59.5 Å². The molecule has 0 bridgehead atoms. The fourth-order valence-electron chi connectivity index (χ4n) is 2.53. The van der Waals surface area contributed by atoms with Crippen LogP contribution in [-0.4, -0.2) is 16.9 Å². The van der Waals surface area contributed by atoms with Crippen molar-refractivity contribution in [2.45, 2.75) is 32.1 Å². The quantitative estimate of drug-likeness (QED) is 0.668. The summed E-state index contributed by atoms with van der Waals surface area (Å²) in [4.78, 5) is 23.6. The summed E-state index contributed by atoms with van der Waals surface area (Å²) in [6.07, 6.45) is 2.82. The van der Waals surface area contributed by atoms with Crippen molar-refractivity contribution in [1.29, 1.82) is 0 Å². The number of carboxylic acid groups (broad SMARTS) is 1. The molecular formula is C14H15IO3. The fraction of sp³-hybridized carbons (Fsp3) is 0.429. The van der Waals surface area contributed by atoms with E-state index in [-0.39, 0.29) is 5.78 Å². The van der Waals surface area contributed by atoms with Crippen molar-refractivity contribution in [1.82, 2.24) is 0 Å². The van der Waals surface area contributed by atoms with E-state index >= 15 is 0 Å². The first-order valence-corrected chi connectivity index (χ1v) is 7.14. The summed E-state index contributed by atoms with van der Waals surface area (Å²) in [5, 5.41) is 9.45. The van der Waals surface area contributed by atoms with E-state index in [1.54, 1.807) is 0 Å². The van der Waals surface area contributed by atoms with Crippen molar-refractivity contribution in [3.63, 3.8) is 0 Å². The Balaban J connectivity index is 2.28. The zero-order valence-electron chi connectivity index (χ0n) is 9.99.